The number of carbonyl (C=O) groups is 3. The van der Waals surface area contributed by atoms with E-state index in [-0.39, 0.29) is 18.9 Å². The summed E-state index contributed by atoms with van der Waals surface area (Å²) in [6, 6.07) is 9.05. The molecule has 0 bridgehead atoms. The highest BCUT2D eigenvalue weighted by Crippen LogP contribution is 2.27. The quantitative estimate of drug-likeness (QED) is 0.396. The summed E-state index contributed by atoms with van der Waals surface area (Å²) in [5.74, 6) is -0.986. The van der Waals surface area contributed by atoms with Crippen LogP contribution in [0.25, 0.3) is 0 Å². The van der Waals surface area contributed by atoms with Gasteiger partial charge in [0.25, 0.3) is 0 Å². The van der Waals surface area contributed by atoms with Crippen LogP contribution in [0.15, 0.2) is 48.9 Å². The van der Waals surface area contributed by atoms with Gasteiger partial charge in [-0.1, -0.05) is 51.1 Å². The number of ether oxygens (including phenoxy) is 2. The summed E-state index contributed by atoms with van der Waals surface area (Å²) in [5, 5.41) is 4.84. The Kier molecular flexibility index (Phi) is 7.24. The molecule has 2 N–H and O–H groups in total. The third kappa shape index (κ3) is 6.87. The van der Waals surface area contributed by atoms with Crippen LogP contribution >= 0.6 is 0 Å². The summed E-state index contributed by atoms with van der Waals surface area (Å²) in [6.45, 7) is 5.54. The van der Waals surface area contributed by atoms with Crippen LogP contribution in [0.3, 0.4) is 0 Å². The van der Waals surface area contributed by atoms with Gasteiger partial charge in [-0.3, -0.25) is 15.1 Å². The number of benzene rings is 1. The second-order valence-corrected chi connectivity index (χ2v) is 7.52. The van der Waals surface area contributed by atoms with Gasteiger partial charge in [0.1, 0.15) is 6.61 Å². The van der Waals surface area contributed by atoms with E-state index in [9.17, 15) is 14.4 Å². The first-order chi connectivity index (χ1) is 13.7. The number of hydrogen-bond donors (Lipinski definition) is 2. The maximum Gasteiger partial charge on any atom is 0.409 e. The highest BCUT2D eigenvalue weighted by Gasteiger charge is 2.45. The second-order valence-electron chi connectivity index (χ2n) is 7.52. The van der Waals surface area contributed by atoms with E-state index in [1.54, 1.807) is 12.1 Å². The maximum atomic E-state index is 12.9. The van der Waals surface area contributed by atoms with Gasteiger partial charge in [0, 0.05) is 18.8 Å². The number of nitrogens with zero attached hydrogens (tertiary/aromatic N) is 2. The lowest BCUT2D eigenvalue weighted by Gasteiger charge is -2.36. The molecule has 0 radical (unpaired) electrons. The van der Waals surface area contributed by atoms with Crippen LogP contribution in [0.4, 0.5) is 4.79 Å². The minimum Gasteiger partial charge on any atom is -0.445 e. The number of rotatable bonds is 8. The van der Waals surface area contributed by atoms with Crippen LogP contribution in [0.2, 0.25) is 0 Å². The minimum atomic E-state index is -1.86. The van der Waals surface area contributed by atoms with Gasteiger partial charge in [0.15, 0.2) is 0 Å². The maximum absolute atomic E-state index is 12.9. The molecule has 2 rings (SSSR count). The molecule has 1 heterocycles. The molecule has 154 valence electrons. The Hall–Kier alpha value is -3.49. The van der Waals surface area contributed by atoms with Crippen LogP contribution in [0.1, 0.15) is 32.8 Å². The Balaban J connectivity index is 2.20. The summed E-state index contributed by atoms with van der Waals surface area (Å²) in [4.78, 5) is 44.3. The molecule has 0 saturated carbocycles. The molecule has 1 aromatic carbocycles. The molecular weight excluding hydrogens is 376 g/mol. The predicted octanol–water partition coefficient (Wildman–Crippen LogP) is 2.19. The van der Waals surface area contributed by atoms with Crippen molar-refractivity contribution >= 4 is 18.5 Å². The van der Waals surface area contributed by atoms with Crippen molar-refractivity contribution in [1.82, 2.24) is 20.6 Å². The number of aromatic nitrogens is 2. The normalized spacial score (nSPS) is 12.9. The summed E-state index contributed by atoms with van der Waals surface area (Å²) < 4.78 is 10.4. The van der Waals surface area contributed by atoms with Crippen LogP contribution < -0.4 is 15.4 Å². The van der Waals surface area contributed by atoms with E-state index in [0.29, 0.717) is 6.41 Å². The fourth-order valence-corrected chi connectivity index (χ4v) is 2.66. The molecule has 1 atom stereocenters. The summed E-state index contributed by atoms with van der Waals surface area (Å²) in [6.07, 6.45) is 3.49. The number of carbonyl (C=O) groups excluding carboxylic acids is 3. The zero-order valence-electron chi connectivity index (χ0n) is 16.5. The molecule has 0 aliphatic heterocycles. The van der Waals surface area contributed by atoms with Gasteiger partial charge >= 0.3 is 12.1 Å². The largest absolute Gasteiger partial charge is 0.445 e. The van der Waals surface area contributed by atoms with Crippen molar-refractivity contribution in [2.24, 2.45) is 5.41 Å². The molecule has 9 nitrogen and oxygen atoms in total. The Morgan fingerprint density at radius 3 is 2.45 bits per heavy atom. The van der Waals surface area contributed by atoms with Gasteiger partial charge in [-0.05, 0) is 11.0 Å². The van der Waals surface area contributed by atoms with E-state index < -0.39 is 23.1 Å². The fourth-order valence-electron chi connectivity index (χ4n) is 2.66. The Morgan fingerprint density at radius 1 is 1.14 bits per heavy atom. The highest BCUT2D eigenvalue weighted by atomic mass is 16.6. The lowest BCUT2D eigenvalue weighted by Crippen LogP contribution is -2.66. The van der Waals surface area contributed by atoms with Gasteiger partial charge in [0.2, 0.25) is 18.0 Å². The van der Waals surface area contributed by atoms with Crippen molar-refractivity contribution in [1.29, 1.82) is 0 Å². The number of hydrogen-bond acceptors (Lipinski definition) is 7. The lowest BCUT2D eigenvalue weighted by atomic mass is 9.84. The zero-order valence-corrected chi connectivity index (χ0v) is 16.5. The van der Waals surface area contributed by atoms with Crippen LogP contribution in [0, 0.1) is 5.41 Å². The van der Waals surface area contributed by atoms with Crippen LogP contribution in [-0.4, -0.2) is 34.1 Å². The molecule has 0 saturated heterocycles. The zero-order chi connectivity index (χ0) is 21.3. The molecule has 2 amide bonds. The van der Waals surface area contributed by atoms with Crippen LogP contribution in [-0.2, 0) is 20.9 Å². The monoisotopic (exact) mass is 400 g/mol. The van der Waals surface area contributed by atoms with E-state index in [4.69, 9.17) is 9.47 Å². The van der Waals surface area contributed by atoms with E-state index in [2.05, 4.69) is 20.6 Å². The molecule has 0 spiro atoms. The first-order valence-electron chi connectivity index (χ1n) is 8.93. The predicted molar refractivity (Wildman–Crippen MR) is 103 cm³/mol. The molecule has 0 fully saturated rings. The Bertz CT molecular complexity index is 824. The average Bonchev–Trinajstić information content (AvgIpc) is 2.67. The summed E-state index contributed by atoms with van der Waals surface area (Å²) >= 11 is 0. The van der Waals surface area contributed by atoms with Gasteiger partial charge in [0.05, 0.1) is 6.20 Å². The average molecular weight is 400 g/mol. The van der Waals surface area contributed by atoms with E-state index in [1.165, 1.54) is 18.6 Å². The molecule has 2 aromatic rings. The first-order valence-corrected chi connectivity index (χ1v) is 8.93. The van der Waals surface area contributed by atoms with Crippen molar-refractivity contribution in [2.45, 2.75) is 39.5 Å². The smallest absolute Gasteiger partial charge is 0.409 e. The van der Waals surface area contributed by atoms with E-state index in [0.717, 1.165) is 5.56 Å². The molecule has 1 aromatic heterocycles. The lowest BCUT2D eigenvalue weighted by molar-refractivity contribution is -0.146. The number of esters is 1. The molecule has 9 heteroatoms. The van der Waals surface area contributed by atoms with Gasteiger partial charge in [-0.2, -0.15) is 0 Å². The summed E-state index contributed by atoms with van der Waals surface area (Å²) in [5.41, 5.74) is -1.55. The minimum absolute atomic E-state index is 0.00142. The fraction of sp³-hybridized carbons (Fsp3) is 0.350. The third-order valence-electron chi connectivity index (χ3n) is 3.71. The van der Waals surface area contributed by atoms with E-state index >= 15 is 0 Å². The SMILES string of the molecule is CC(C)(C)CC(NC=O)(NC(=O)OCc1ccccc1)C(=O)Oc1cnccn1. The Morgan fingerprint density at radius 2 is 1.86 bits per heavy atom. The molecule has 1 unspecified atom stereocenters. The van der Waals surface area contributed by atoms with E-state index in [1.807, 2.05) is 39.0 Å². The van der Waals surface area contributed by atoms with Crippen LogP contribution in [0.5, 0.6) is 5.88 Å². The molecular formula is C20H24N4O5. The number of nitrogens with one attached hydrogen (secondary N) is 2. The second kappa shape index (κ2) is 9.63. The Labute approximate surface area is 168 Å². The van der Waals surface area contributed by atoms with Gasteiger partial charge in [-0.25, -0.2) is 14.6 Å². The number of amides is 2. The molecule has 29 heavy (non-hydrogen) atoms. The number of alkyl carbamates (subject to hydrolysis) is 1. The third-order valence-corrected chi connectivity index (χ3v) is 3.71. The summed E-state index contributed by atoms with van der Waals surface area (Å²) in [7, 11) is 0. The molecule has 0 aliphatic rings. The van der Waals surface area contributed by atoms with Crippen molar-refractivity contribution in [3.05, 3.63) is 54.5 Å². The van der Waals surface area contributed by atoms with Crippen molar-refractivity contribution in [3.63, 3.8) is 0 Å². The van der Waals surface area contributed by atoms with Gasteiger partial charge in [-0.15, -0.1) is 0 Å². The highest BCUT2D eigenvalue weighted by molar-refractivity contribution is 5.88. The van der Waals surface area contributed by atoms with Gasteiger partial charge < -0.3 is 14.8 Å². The standard InChI is InChI=1S/C20H24N4O5/c1-19(2,3)13-20(23-14-25,17(26)29-16-11-21-9-10-22-16)24-18(27)28-12-15-7-5-4-6-8-15/h4-11,14H,12-13H2,1-3H3,(H,23,25)(H,24,27). The van der Waals surface area contributed by atoms with Crippen molar-refractivity contribution in [3.8, 4) is 5.88 Å². The topological polar surface area (TPSA) is 120 Å². The first kappa shape index (κ1) is 21.8. The van der Waals surface area contributed by atoms with Crippen molar-refractivity contribution in [2.75, 3.05) is 0 Å². The van der Waals surface area contributed by atoms with Crippen molar-refractivity contribution < 1.29 is 23.9 Å². The molecule has 0 aliphatic carbocycles.